The molecule has 2 saturated heterocycles. The van der Waals surface area contributed by atoms with Crippen molar-refractivity contribution in [3.8, 4) is 21.8 Å². The monoisotopic (exact) mass is 475 g/mol. The number of nitrogens with one attached hydrogen (secondary N) is 1. The minimum absolute atomic E-state index is 0.00301. The molecule has 2 aliphatic heterocycles. The van der Waals surface area contributed by atoms with Gasteiger partial charge in [-0.3, -0.25) is 9.59 Å². The van der Waals surface area contributed by atoms with Crippen molar-refractivity contribution in [2.75, 3.05) is 26.2 Å². The van der Waals surface area contributed by atoms with Crippen molar-refractivity contribution in [3.05, 3.63) is 65.5 Å². The summed E-state index contributed by atoms with van der Waals surface area (Å²) in [4.78, 5) is 33.6. The van der Waals surface area contributed by atoms with Crippen LogP contribution in [0.15, 0.2) is 60.7 Å². The molecular formula is C27H29N3O3S. The number of benzene rings is 2. The largest absolute Gasteiger partial charge is 0.376 e. The summed E-state index contributed by atoms with van der Waals surface area (Å²) in [6, 6.07) is 19.8. The number of ether oxygens (including phenoxy) is 1. The molecule has 0 spiro atoms. The van der Waals surface area contributed by atoms with Crippen molar-refractivity contribution in [2.24, 2.45) is 5.92 Å². The molecule has 0 saturated carbocycles. The van der Waals surface area contributed by atoms with Gasteiger partial charge in [0, 0.05) is 43.3 Å². The number of aromatic nitrogens is 1. The summed E-state index contributed by atoms with van der Waals surface area (Å²) in [7, 11) is 0. The van der Waals surface area contributed by atoms with Crippen LogP contribution < -0.4 is 5.32 Å². The van der Waals surface area contributed by atoms with E-state index in [1.807, 2.05) is 65.6 Å². The van der Waals surface area contributed by atoms with Gasteiger partial charge in [-0.05, 0) is 25.7 Å². The Kier molecular flexibility index (Phi) is 7.02. The normalized spacial score (nSPS) is 18.7. The molecule has 2 amide bonds. The molecule has 176 valence electrons. The minimum atomic E-state index is -0.0552. The number of piperidine rings is 1. The van der Waals surface area contributed by atoms with Gasteiger partial charge in [-0.1, -0.05) is 60.7 Å². The maximum absolute atomic E-state index is 13.6. The zero-order valence-corrected chi connectivity index (χ0v) is 19.9. The van der Waals surface area contributed by atoms with E-state index in [1.54, 1.807) is 0 Å². The van der Waals surface area contributed by atoms with E-state index in [2.05, 4.69) is 5.32 Å². The van der Waals surface area contributed by atoms with E-state index in [4.69, 9.17) is 9.72 Å². The molecule has 2 aromatic carbocycles. The first kappa shape index (κ1) is 22.7. The van der Waals surface area contributed by atoms with E-state index in [0.717, 1.165) is 41.3 Å². The highest BCUT2D eigenvalue weighted by Gasteiger charge is 2.31. The Balaban J connectivity index is 1.29. The molecule has 2 fully saturated rings. The minimum Gasteiger partial charge on any atom is -0.376 e. The van der Waals surface area contributed by atoms with Crippen molar-refractivity contribution < 1.29 is 14.3 Å². The summed E-state index contributed by atoms with van der Waals surface area (Å²) in [5, 5.41) is 3.89. The van der Waals surface area contributed by atoms with Crippen LogP contribution in [-0.2, 0) is 9.53 Å². The number of hydrogen-bond acceptors (Lipinski definition) is 5. The summed E-state index contributed by atoms with van der Waals surface area (Å²) in [5.41, 5.74) is 2.67. The molecule has 1 aromatic heterocycles. The Hall–Kier alpha value is -3.03. The lowest BCUT2D eigenvalue weighted by molar-refractivity contribution is -0.126. The smallest absolute Gasteiger partial charge is 0.266 e. The highest BCUT2D eigenvalue weighted by atomic mass is 32.1. The molecule has 3 heterocycles. The second-order valence-corrected chi connectivity index (χ2v) is 9.87. The predicted octanol–water partition coefficient (Wildman–Crippen LogP) is 4.62. The van der Waals surface area contributed by atoms with E-state index in [1.165, 1.54) is 11.3 Å². The van der Waals surface area contributed by atoms with E-state index in [0.29, 0.717) is 37.4 Å². The van der Waals surface area contributed by atoms with Crippen LogP contribution in [0.3, 0.4) is 0 Å². The van der Waals surface area contributed by atoms with Crippen LogP contribution in [0.25, 0.3) is 21.8 Å². The van der Waals surface area contributed by atoms with Gasteiger partial charge in [0.05, 0.1) is 11.8 Å². The van der Waals surface area contributed by atoms with E-state index in [-0.39, 0.29) is 23.8 Å². The summed E-state index contributed by atoms with van der Waals surface area (Å²) in [6.07, 6.45) is 3.57. The van der Waals surface area contributed by atoms with Gasteiger partial charge in [0.1, 0.15) is 9.88 Å². The number of hydrogen-bond donors (Lipinski definition) is 1. The first-order valence-electron chi connectivity index (χ1n) is 12.0. The number of carbonyl (C=O) groups excluding carboxylic acids is 2. The van der Waals surface area contributed by atoms with E-state index >= 15 is 0 Å². The number of nitrogens with zero attached hydrogens (tertiary/aromatic N) is 2. The van der Waals surface area contributed by atoms with Gasteiger partial charge in [0.25, 0.3) is 5.91 Å². The van der Waals surface area contributed by atoms with Gasteiger partial charge in [-0.2, -0.15) is 0 Å². The molecule has 5 rings (SSSR count). The Bertz CT molecular complexity index is 1120. The Morgan fingerprint density at radius 1 is 0.971 bits per heavy atom. The summed E-state index contributed by atoms with van der Waals surface area (Å²) < 4.78 is 5.60. The predicted molar refractivity (Wildman–Crippen MR) is 134 cm³/mol. The van der Waals surface area contributed by atoms with Gasteiger partial charge < -0.3 is 15.0 Å². The molecule has 0 aliphatic carbocycles. The van der Waals surface area contributed by atoms with Crippen molar-refractivity contribution in [3.63, 3.8) is 0 Å². The highest BCUT2D eigenvalue weighted by Crippen LogP contribution is 2.35. The summed E-state index contributed by atoms with van der Waals surface area (Å²) >= 11 is 1.44. The third-order valence-corrected chi connectivity index (χ3v) is 7.66. The molecular weight excluding hydrogens is 446 g/mol. The van der Waals surface area contributed by atoms with Gasteiger partial charge in [-0.25, -0.2) is 4.98 Å². The first-order valence-corrected chi connectivity index (χ1v) is 12.8. The second kappa shape index (κ2) is 10.5. The molecule has 34 heavy (non-hydrogen) atoms. The number of amides is 2. The Morgan fingerprint density at radius 3 is 2.29 bits per heavy atom. The van der Waals surface area contributed by atoms with Crippen molar-refractivity contribution in [2.45, 2.75) is 31.8 Å². The molecule has 2 aliphatic rings. The van der Waals surface area contributed by atoms with E-state index in [9.17, 15) is 9.59 Å². The fourth-order valence-corrected chi connectivity index (χ4v) is 5.67. The molecule has 7 heteroatoms. The fourth-order valence-electron chi connectivity index (χ4n) is 4.61. The maximum Gasteiger partial charge on any atom is 0.266 e. The van der Waals surface area contributed by atoms with Crippen molar-refractivity contribution in [1.29, 1.82) is 0 Å². The molecule has 1 N–H and O–H groups in total. The number of likely N-dealkylation sites (tertiary alicyclic amines) is 1. The quantitative estimate of drug-likeness (QED) is 0.565. The number of carbonyl (C=O) groups is 2. The van der Waals surface area contributed by atoms with Gasteiger partial charge >= 0.3 is 0 Å². The fraction of sp³-hybridized carbons (Fsp3) is 0.370. The third-order valence-electron chi connectivity index (χ3n) is 6.57. The maximum atomic E-state index is 13.6. The SMILES string of the molecule is O=C(NC[C@@H]1CCCO1)C1CCN(C(=O)c2sc(-c3ccccc3)nc2-c2ccccc2)CC1. The van der Waals surface area contributed by atoms with E-state index < -0.39 is 0 Å². The van der Waals surface area contributed by atoms with Crippen LogP contribution in [0.2, 0.25) is 0 Å². The number of thiazole rings is 1. The van der Waals surface area contributed by atoms with Crippen LogP contribution in [0.1, 0.15) is 35.4 Å². The average Bonchev–Trinajstić information content (AvgIpc) is 3.58. The zero-order chi connectivity index (χ0) is 23.3. The molecule has 1 atom stereocenters. The number of rotatable bonds is 6. The van der Waals surface area contributed by atoms with Gasteiger partial charge in [-0.15, -0.1) is 11.3 Å². The van der Waals surface area contributed by atoms with Crippen LogP contribution in [0, 0.1) is 5.92 Å². The second-order valence-electron chi connectivity index (χ2n) is 8.88. The summed E-state index contributed by atoms with van der Waals surface area (Å²) in [5.74, 6) is 0.0221. The lowest BCUT2D eigenvalue weighted by Gasteiger charge is -2.31. The summed E-state index contributed by atoms with van der Waals surface area (Å²) in [6.45, 7) is 2.52. The lowest BCUT2D eigenvalue weighted by Crippen LogP contribution is -2.44. The Labute approximate surface area is 204 Å². The van der Waals surface area contributed by atoms with Crippen LogP contribution in [-0.4, -0.2) is 54.0 Å². The standard InChI is InChI=1S/C27H29N3O3S/c31-25(28-18-22-12-7-17-33-22)20-13-15-30(16-14-20)27(32)24-23(19-8-3-1-4-9-19)29-26(34-24)21-10-5-2-6-11-21/h1-6,8-11,20,22H,7,12-18H2,(H,28,31)/t22-/m0/s1. The molecule has 3 aromatic rings. The lowest BCUT2D eigenvalue weighted by atomic mass is 9.95. The molecule has 0 unspecified atom stereocenters. The third kappa shape index (κ3) is 5.05. The van der Waals surface area contributed by atoms with Crippen LogP contribution >= 0.6 is 11.3 Å². The van der Waals surface area contributed by atoms with Crippen LogP contribution in [0.4, 0.5) is 0 Å². The Morgan fingerprint density at radius 2 is 1.65 bits per heavy atom. The zero-order valence-electron chi connectivity index (χ0n) is 19.1. The van der Waals surface area contributed by atoms with Crippen LogP contribution in [0.5, 0.6) is 0 Å². The topological polar surface area (TPSA) is 71.5 Å². The molecule has 6 nitrogen and oxygen atoms in total. The molecule has 0 bridgehead atoms. The van der Waals surface area contributed by atoms with Crippen molar-refractivity contribution in [1.82, 2.24) is 15.2 Å². The van der Waals surface area contributed by atoms with Crippen molar-refractivity contribution >= 4 is 23.2 Å². The molecule has 0 radical (unpaired) electrons. The van der Waals surface area contributed by atoms with Gasteiger partial charge in [0.2, 0.25) is 5.91 Å². The first-order chi connectivity index (χ1) is 16.7. The highest BCUT2D eigenvalue weighted by molar-refractivity contribution is 7.17. The average molecular weight is 476 g/mol. The van der Waals surface area contributed by atoms with Gasteiger partial charge in [0.15, 0.2) is 0 Å².